The van der Waals surface area contributed by atoms with Gasteiger partial charge in [0.25, 0.3) is 0 Å². The highest BCUT2D eigenvalue weighted by Crippen LogP contribution is 2.24. The molecule has 0 saturated heterocycles. The van der Waals surface area contributed by atoms with Crippen LogP contribution in [-0.2, 0) is 0 Å². The number of nitrogens with two attached hydrogens (primary N) is 1. The van der Waals surface area contributed by atoms with Gasteiger partial charge < -0.3 is 4.74 Å². The van der Waals surface area contributed by atoms with Crippen LogP contribution in [0.3, 0.4) is 0 Å². The lowest BCUT2D eigenvalue weighted by Gasteiger charge is -2.19. The largest absolute Gasteiger partial charge is 0.489 e. The molecule has 1 aromatic heterocycles. The van der Waals surface area contributed by atoms with Crippen molar-refractivity contribution in [3.8, 4) is 5.75 Å². The first-order valence-corrected chi connectivity index (χ1v) is 7.81. The average Bonchev–Trinajstić information content (AvgIpc) is 2.38. The van der Waals surface area contributed by atoms with Crippen LogP contribution in [0.25, 0.3) is 0 Å². The maximum absolute atomic E-state index is 5.66. The molecule has 2 atom stereocenters. The smallest absolute Gasteiger partial charge is 0.138 e. The van der Waals surface area contributed by atoms with Crippen molar-refractivity contribution in [3.05, 3.63) is 24.0 Å². The molecule has 0 aliphatic heterocycles. The molecule has 0 aromatic carbocycles. The van der Waals surface area contributed by atoms with E-state index in [2.05, 4.69) is 24.3 Å². The summed E-state index contributed by atoms with van der Waals surface area (Å²) >= 11 is 1.91. The molecule has 2 unspecified atom stereocenters. The van der Waals surface area contributed by atoms with Crippen molar-refractivity contribution in [2.45, 2.75) is 51.5 Å². The molecule has 1 aromatic rings. The average molecular weight is 283 g/mol. The van der Waals surface area contributed by atoms with Crippen molar-refractivity contribution in [1.82, 2.24) is 10.4 Å². The lowest BCUT2D eigenvalue weighted by Crippen LogP contribution is -2.30. The molecular formula is C14H25N3OS. The van der Waals surface area contributed by atoms with Crippen LogP contribution in [-0.4, -0.2) is 22.1 Å². The van der Waals surface area contributed by atoms with Crippen LogP contribution in [0.15, 0.2) is 18.5 Å². The summed E-state index contributed by atoms with van der Waals surface area (Å²) in [6.45, 7) is 8.43. The summed E-state index contributed by atoms with van der Waals surface area (Å²) in [4.78, 5) is 4.22. The predicted octanol–water partition coefficient (Wildman–Crippen LogP) is 2.90. The van der Waals surface area contributed by atoms with Gasteiger partial charge in [-0.2, -0.15) is 11.8 Å². The molecule has 0 saturated carbocycles. The molecule has 0 fully saturated rings. The fourth-order valence-corrected chi connectivity index (χ4v) is 2.63. The highest BCUT2D eigenvalue weighted by atomic mass is 32.2. The van der Waals surface area contributed by atoms with Crippen LogP contribution in [0.4, 0.5) is 0 Å². The van der Waals surface area contributed by atoms with E-state index in [-0.39, 0.29) is 12.1 Å². The first-order valence-electron chi connectivity index (χ1n) is 6.76. The van der Waals surface area contributed by atoms with Crippen LogP contribution in [0.2, 0.25) is 0 Å². The Balaban J connectivity index is 2.69. The van der Waals surface area contributed by atoms with Crippen molar-refractivity contribution in [3.63, 3.8) is 0 Å². The van der Waals surface area contributed by atoms with E-state index in [4.69, 9.17) is 10.6 Å². The third kappa shape index (κ3) is 5.80. The van der Waals surface area contributed by atoms with Gasteiger partial charge in [0.1, 0.15) is 5.75 Å². The minimum absolute atomic E-state index is 0.0993. The van der Waals surface area contributed by atoms with E-state index in [0.29, 0.717) is 5.25 Å². The Hall–Kier alpha value is -0.780. The zero-order valence-corrected chi connectivity index (χ0v) is 13.0. The van der Waals surface area contributed by atoms with Gasteiger partial charge in [-0.3, -0.25) is 16.3 Å². The number of thioether (sulfide) groups is 1. The van der Waals surface area contributed by atoms with Gasteiger partial charge in [0.05, 0.1) is 18.3 Å². The molecule has 0 aliphatic carbocycles. The molecule has 1 rings (SSSR count). The summed E-state index contributed by atoms with van der Waals surface area (Å²) < 4.78 is 5.66. The van der Waals surface area contributed by atoms with Crippen molar-refractivity contribution >= 4 is 11.8 Å². The van der Waals surface area contributed by atoms with E-state index in [9.17, 15) is 0 Å². The summed E-state index contributed by atoms with van der Waals surface area (Å²) in [7, 11) is 0. The normalized spacial score (nSPS) is 14.4. The van der Waals surface area contributed by atoms with E-state index < -0.39 is 0 Å². The summed E-state index contributed by atoms with van der Waals surface area (Å²) in [5, 5.41) is 0.638. The van der Waals surface area contributed by atoms with Gasteiger partial charge in [-0.15, -0.1) is 0 Å². The molecule has 0 spiro atoms. The predicted molar refractivity (Wildman–Crippen MR) is 82.3 cm³/mol. The van der Waals surface area contributed by atoms with Crippen LogP contribution < -0.4 is 16.0 Å². The zero-order chi connectivity index (χ0) is 14.3. The van der Waals surface area contributed by atoms with E-state index in [1.165, 1.54) is 0 Å². The highest BCUT2D eigenvalue weighted by molar-refractivity contribution is 7.99. The number of pyridine rings is 1. The van der Waals surface area contributed by atoms with Crippen molar-refractivity contribution in [2.24, 2.45) is 5.84 Å². The quantitative estimate of drug-likeness (QED) is 0.567. The third-order valence-corrected chi connectivity index (χ3v) is 4.26. The molecule has 19 heavy (non-hydrogen) atoms. The van der Waals surface area contributed by atoms with E-state index >= 15 is 0 Å². The summed E-state index contributed by atoms with van der Waals surface area (Å²) in [6.07, 6.45) is 4.89. The molecule has 3 N–H and O–H groups in total. The Morgan fingerprint density at radius 2 is 2.11 bits per heavy atom. The number of nitrogens with one attached hydrogen (secondary N) is 1. The summed E-state index contributed by atoms with van der Waals surface area (Å²) in [5.41, 5.74) is 3.93. The lowest BCUT2D eigenvalue weighted by atomic mass is 10.1. The highest BCUT2D eigenvalue weighted by Gasteiger charge is 2.13. The standard InChI is InChI=1S/C14H25N3OS/c1-5-11(4)19-9-14(17-15)12-6-13(8-16-7-12)18-10(2)3/h6-8,10-11,14,17H,5,9,15H2,1-4H3. The van der Waals surface area contributed by atoms with Gasteiger partial charge in [-0.1, -0.05) is 13.8 Å². The van der Waals surface area contributed by atoms with Gasteiger partial charge in [-0.25, -0.2) is 0 Å². The molecule has 0 radical (unpaired) electrons. The number of hydrogen-bond donors (Lipinski definition) is 2. The minimum Gasteiger partial charge on any atom is -0.489 e. The van der Waals surface area contributed by atoms with Gasteiger partial charge in [0.15, 0.2) is 0 Å². The third-order valence-electron chi connectivity index (χ3n) is 2.83. The topological polar surface area (TPSA) is 60.2 Å². The number of ether oxygens (including phenoxy) is 1. The maximum atomic E-state index is 5.66. The fraction of sp³-hybridized carbons (Fsp3) is 0.643. The number of hydrogen-bond acceptors (Lipinski definition) is 5. The first kappa shape index (κ1) is 16.3. The molecule has 0 amide bonds. The second-order valence-corrected chi connectivity index (χ2v) is 6.36. The van der Waals surface area contributed by atoms with E-state index in [0.717, 1.165) is 23.5 Å². The molecule has 5 heteroatoms. The minimum atomic E-state index is 0.0993. The molecule has 4 nitrogen and oxygen atoms in total. The Morgan fingerprint density at radius 1 is 1.37 bits per heavy atom. The van der Waals surface area contributed by atoms with Gasteiger partial charge >= 0.3 is 0 Å². The Morgan fingerprint density at radius 3 is 2.68 bits per heavy atom. The molecule has 108 valence electrons. The number of rotatable bonds is 8. The van der Waals surface area contributed by atoms with Crippen LogP contribution in [0.1, 0.15) is 45.7 Å². The van der Waals surface area contributed by atoms with Crippen molar-refractivity contribution < 1.29 is 4.74 Å². The number of nitrogens with zero attached hydrogens (tertiary/aromatic N) is 1. The molecule has 0 aliphatic rings. The Labute approximate surface area is 120 Å². The van der Waals surface area contributed by atoms with Crippen molar-refractivity contribution in [2.75, 3.05) is 5.75 Å². The molecular weight excluding hydrogens is 258 g/mol. The Kier molecular flexibility index (Phi) is 7.20. The van der Waals surface area contributed by atoms with Crippen LogP contribution in [0.5, 0.6) is 5.75 Å². The summed E-state index contributed by atoms with van der Waals surface area (Å²) in [5.74, 6) is 7.37. The van der Waals surface area contributed by atoms with E-state index in [1.807, 2.05) is 37.9 Å². The first-order chi connectivity index (χ1) is 9.06. The lowest BCUT2D eigenvalue weighted by molar-refractivity contribution is 0.241. The second-order valence-electron chi connectivity index (χ2n) is 4.89. The number of hydrazine groups is 1. The zero-order valence-electron chi connectivity index (χ0n) is 12.2. The van der Waals surface area contributed by atoms with E-state index in [1.54, 1.807) is 6.20 Å². The van der Waals surface area contributed by atoms with Gasteiger partial charge in [-0.05, 0) is 31.9 Å². The second kappa shape index (κ2) is 8.40. The number of aromatic nitrogens is 1. The van der Waals surface area contributed by atoms with Crippen LogP contribution in [0, 0.1) is 0 Å². The monoisotopic (exact) mass is 283 g/mol. The SMILES string of the molecule is CCC(C)SCC(NN)c1cncc(OC(C)C)c1. The van der Waals surface area contributed by atoms with Gasteiger partial charge in [0.2, 0.25) is 0 Å². The van der Waals surface area contributed by atoms with Crippen LogP contribution >= 0.6 is 11.8 Å². The van der Waals surface area contributed by atoms with Gasteiger partial charge in [0, 0.05) is 17.2 Å². The fourth-order valence-electron chi connectivity index (χ4n) is 1.58. The summed E-state index contributed by atoms with van der Waals surface area (Å²) in [6, 6.07) is 2.11. The van der Waals surface area contributed by atoms with Crippen molar-refractivity contribution in [1.29, 1.82) is 0 Å². The maximum Gasteiger partial charge on any atom is 0.138 e. The molecule has 0 bridgehead atoms. The Bertz CT molecular complexity index is 373. The molecule has 1 heterocycles.